The van der Waals surface area contributed by atoms with Crippen molar-refractivity contribution in [3.8, 4) is 498 Å². The Morgan fingerprint density at radius 1 is 0.341 bits per heavy atom. The van der Waals surface area contributed by atoms with Crippen molar-refractivity contribution in [3.63, 3.8) is 0 Å². The Balaban J connectivity index is 0.000000539. The number of anilines is 1. The Morgan fingerprint density at radius 3 is 0.911 bits per heavy atom. The fraction of sp³-hybridized carbons (Fsp3) is 0.102. The normalized spacial score (nSPS) is 9.01. The quantitative estimate of drug-likeness (QED) is 0.0332. The lowest BCUT2D eigenvalue weighted by molar-refractivity contribution is -0.438. The van der Waals surface area contributed by atoms with Gasteiger partial charge in [-0.3, -0.25) is 4.79 Å². The van der Waals surface area contributed by atoms with Gasteiger partial charge in [-0.2, -0.15) is 4.58 Å². The first-order valence-corrected chi connectivity index (χ1v) is 40.0. The lowest BCUT2D eigenvalue weighted by Gasteiger charge is -2.26. The van der Waals surface area contributed by atoms with Gasteiger partial charge < -0.3 is 14.2 Å². The molecule has 0 spiro atoms. The Labute approximate surface area is 795 Å². The second-order valence-electron chi connectivity index (χ2n) is 24.4. The van der Waals surface area contributed by atoms with E-state index >= 15 is 0 Å². The van der Waals surface area contributed by atoms with Gasteiger partial charge in [0.05, 0.1) is 22.1 Å². The van der Waals surface area contributed by atoms with Crippen LogP contribution in [0.3, 0.4) is 0 Å². The largest absolute Gasteiger partial charge is 0.748 e. The van der Waals surface area contributed by atoms with Crippen LogP contribution in [0.1, 0.15) is 58.6 Å². The van der Waals surface area contributed by atoms with Crippen molar-refractivity contribution < 1.29 is 27.1 Å². The average Bonchev–Trinajstić information content (AvgIpc) is 1.58. The van der Waals surface area contributed by atoms with Crippen LogP contribution in [0.4, 0.5) is 11.4 Å². The highest BCUT2D eigenvalue weighted by atomic mass is 32.2. The summed E-state index contributed by atoms with van der Waals surface area (Å²) in [5.74, 6) is 207. The summed E-state index contributed by atoms with van der Waals surface area (Å²) in [7, 11) is -4.24. The van der Waals surface area contributed by atoms with E-state index in [2.05, 4.69) is 607 Å². The van der Waals surface area contributed by atoms with Crippen molar-refractivity contribution >= 4 is 55.2 Å². The van der Waals surface area contributed by atoms with Gasteiger partial charge in [0.1, 0.15) is 13.2 Å². The molecule has 0 N–H and O–H groups in total. The molecule has 135 heavy (non-hydrogen) atoms. The Kier molecular flexibility index (Phi) is 51.0. The lowest BCUT2D eigenvalue weighted by atomic mass is 9.79. The first-order valence-electron chi connectivity index (χ1n) is 38.4. The van der Waals surface area contributed by atoms with E-state index in [1.54, 1.807) is 6.92 Å². The van der Waals surface area contributed by atoms with Crippen LogP contribution in [0, 0.1) is 498 Å². The molecule has 0 radical (unpaired) electrons. The van der Waals surface area contributed by atoms with E-state index in [0.717, 1.165) is 22.8 Å². The zero-order valence-electron chi connectivity index (χ0n) is 72.2. The van der Waals surface area contributed by atoms with E-state index in [1.165, 1.54) is 32.7 Å². The van der Waals surface area contributed by atoms with Gasteiger partial charge in [0.2, 0.25) is 5.69 Å². The van der Waals surface area contributed by atoms with Crippen LogP contribution in [0.5, 0.6) is 0 Å². The standard InChI is InChI=1S/C85H4.C42H44N2O5S/c1-3-5-7-9-11-13-15-17-19-21-23-25-27-29-31-33-35-37-39-41-43-45-47-49-51-53-55-57-59-61-63-65-67-69-71-73-75-77-79-81-83-85-84-82-80-78-76-74-72-70-68-66-64-62-60-58-56-54-52-50-48-46-44-42-40-38-36-34-32-30-28-26-24-22-20-18-16-14-12-10-8-6-4-2;1-41(2)37(43(26-14-15-29-50(46,47)48)35-24-22-31-16-10-12-18-33(31)39(35)41)20-8-6-5-7-9-21-38-42(3,4)40-34-19-13-11-17-32(34)23-25-36(40)44(38)27-28-49-30-45/h1H,2H3;5-13,16-25,30H,14-15,26-29H2,1-4H3. The summed E-state index contributed by atoms with van der Waals surface area (Å²) in [5, 5.41) is 4.80. The van der Waals surface area contributed by atoms with Crippen molar-refractivity contribution in [2.75, 3.05) is 30.3 Å². The highest BCUT2D eigenvalue weighted by Crippen LogP contribution is 2.51. The summed E-state index contributed by atoms with van der Waals surface area (Å²) in [6.07, 6.45) is 20.3. The van der Waals surface area contributed by atoms with Gasteiger partial charge in [0.15, 0.2) is 5.71 Å². The molecule has 7 nitrogen and oxygen atoms in total. The summed E-state index contributed by atoms with van der Waals surface area (Å²) < 4.78 is 41.1. The minimum atomic E-state index is -4.24. The Bertz CT molecular complexity index is 8970. The van der Waals surface area contributed by atoms with Gasteiger partial charge in [-0.1, -0.05) is 105 Å². The monoisotopic (exact) mass is 1710 g/mol. The van der Waals surface area contributed by atoms with Crippen LogP contribution in [0.2, 0.25) is 0 Å². The van der Waals surface area contributed by atoms with Crippen LogP contribution in [-0.4, -0.2) is 55.2 Å². The van der Waals surface area contributed by atoms with Gasteiger partial charge >= 0.3 is 0 Å². The number of ether oxygens (including phenoxy) is 1. The zero-order chi connectivity index (χ0) is 96.2. The van der Waals surface area contributed by atoms with E-state index in [4.69, 9.17) is 11.2 Å². The number of fused-ring (bicyclic) bond motifs is 6. The first-order chi connectivity index (χ1) is 66.4. The van der Waals surface area contributed by atoms with E-state index in [9.17, 15) is 17.8 Å². The Morgan fingerprint density at radius 2 is 0.615 bits per heavy atom. The van der Waals surface area contributed by atoms with Gasteiger partial charge in [0, 0.05) is 437 Å². The van der Waals surface area contributed by atoms with E-state index in [0.29, 0.717) is 39.0 Å². The van der Waals surface area contributed by atoms with Crippen molar-refractivity contribution in [2.45, 2.75) is 58.3 Å². The first kappa shape index (κ1) is 102. The van der Waals surface area contributed by atoms with Crippen LogP contribution < -0.4 is 4.90 Å². The molecule has 2 heterocycles. The summed E-state index contributed by atoms with van der Waals surface area (Å²) in [4.78, 5) is 13.2. The SMILES string of the molecule is C#CC#CC#CC#CC#CC#CC#CC#CC#CC#CC#CC#CC#CC#CC#CC#CC#CC#CC#CC#CC#CC#CC#CC#CC#CC#CC#CC#CC#CC#CC#CC#CC#CC#CC#CC#CC#CC#CC#CC#CC#CC#CC.CC1(C)C(/C=C/C=C/C=C/C=C2/N(CCOC=O)c3ccc4ccccc4c3C2(C)C)=[N+](CCCCS(=O)(=O)[O-])c2ccc3ccccc3c21. The number of carbonyl (C=O) groups is 1. The molecule has 602 valence electrons. The number of hydrogen-bond acceptors (Lipinski definition) is 6. The van der Waals surface area contributed by atoms with Crippen molar-refractivity contribution in [1.82, 2.24) is 0 Å². The number of terminal acetylenes is 1. The third-order valence-corrected chi connectivity index (χ3v) is 16.0. The molecule has 0 saturated heterocycles. The van der Waals surface area contributed by atoms with Gasteiger partial charge in [-0.25, -0.2) is 8.42 Å². The van der Waals surface area contributed by atoms with Gasteiger partial charge in [-0.05, 0) is 167 Å². The molecule has 0 aliphatic carbocycles. The molecule has 2 aliphatic rings. The second-order valence-corrected chi connectivity index (χ2v) is 26.0. The lowest BCUT2D eigenvalue weighted by Crippen LogP contribution is -2.29. The molecular weight excluding hydrogens is 1670 g/mol. The number of benzene rings is 4. The van der Waals surface area contributed by atoms with Crippen molar-refractivity contribution in [1.29, 1.82) is 0 Å². The topological polar surface area (TPSA) is 89.8 Å². The van der Waals surface area contributed by atoms with Gasteiger partial charge in [0.25, 0.3) is 6.47 Å². The molecule has 0 unspecified atom stereocenters. The fourth-order valence-electron chi connectivity index (χ4n) is 10.3. The summed E-state index contributed by atoms with van der Waals surface area (Å²) >= 11 is 0. The number of carbonyl (C=O) groups excluding carboxylic acids is 1. The molecule has 0 atom stereocenters. The molecule has 4 aromatic rings. The maximum Gasteiger partial charge on any atom is 0.293 e. The van der Waals surface area contributed by atoms with Crippen LogP contribution >= 0.6 is 0 Å². The maximum atomic E-state index is 11.2. The summed E-state index contributed by atoms with van der Waals surface area (Å²) in [6, 6.07) is 25.4. The Hall–Kier alpha value is -23.3. The van der Waals surface area contributed by atoms with E-state index in [1.807, 2.05) is 36.4 Å². The van der Waals surface area contributed by atoms with Crippen LogP contribution in [-0.2, 0) is 30.5 Å². The predicted octanol–water partition coefficient (Wildman–Crippen LogP) is 9.00. The van der Waals surface area contributed by atoms with Crippen molar-refractivity contribution in [2.24, 2.45) is 0 Å². The predicted molar refractivity (Wildman–Crippen MR) is 536 cm³/mol. The number of rotatable bonds is 13. The smallest absolute Gasteiger partial charge is 0.293 e. The molecule has 0 bridgehead atoms. The minimum Gasteiger partial charge on any atom is -0.748 e. The summed E-state index contributed by atoms with van der Waals surface area (Å²) in [6.45, 7) is 12.6. The fourth-order valence-corrected chi connectivity index (χ4v) is 10.9. The number of unbranched alkanes of at least 4 members (excludes halogenated alkanes) is 1. The van der Waals surface area contributed by atoms with Crippen LogP contribution in [0.25, 0.3) is 21.5 Å². The van der Waals surface area contributed by atoms with Crippen molar-refractivity contribution in [3.05, 3.63) is 132 Å². The molecule has 2 aliphatic heterocycles. The van der Waals surface area contributed by atoms with Crippen LogP contribution in [0.15, 0.2) is 121 Å². The molecule has 6 rings (SSSR count). The molecule has 0 saturated carbocycles. The minimum absolute atomic E-state index is 0.267. The number of allylic oxidation sites excluding steroid dienone is 8. The molecule has 0 fully saturated rings. The van der Waals surface area contributed by atoms with E-state index < -0.39 is 10.1 Å². The molecule has 4 aromatic carbocycles. The molecule has 0 aromatic heterocycles. The summed E-state index contributed by atoms with van der Waals surface area (Å²) in [5.41, 5.74) is 6.45. The third kappa shape index (κ3) is 45.4. The highest BCUT2D eigenvalue weighted by Gasteiger charge is 2.45. The third-order valence-electron chi connectivity index (χ3n) is 15.2. The zero-order valence-corrected chi connectivity index (χ0v) is 73.0. The average molecular weight is 1710 g/mol. The maximum absolute atomic E-state index is 11.2. The molecular formula is C127H48N2O5S. The second kappa shape index (κ2) is 67.3. The molecule has 8 heteroatoms. The number of nitrogens with zero attached hydrogens (tertiary/aromatic N) is 2. The number of hydrogen-bond donors (Lipinski definition) is 0. The van der Waals surface area contributed by atoms with E-state index in [-0.39, 0.29) is 16.6 Å². The van der Waals surface area contributed by atoms with Gasteiger partial charge in [-0.15, -0.1) is 6.42 Å². The molecule has 0 amide bonds. The highest BCUT2D eigenvalue weighted by molar-refractivity contribution is 7.85.